The standard InChI is InChI=1S/C22H19N5O/c23-16-6-4-5-15(13-16)20-14-21(27-22(24)26-20)25-17-9-11-19(12-10-17)28-18-7-2-1-3-8-18/h1-14H,23H2,(H3,24,25,26,27). The van der Waals surface area contributed by atoms with Crippen LogP contribution in [0.15, 0.2) is 84.9 Å². The number of para-hydroxylation sites is 1. The minimum absolute atomic E-state index is 0.187. The van der Waals surface area contributed by atoms with Gasteiger partial charge in [-0.2, -0.15) is 4.98 Å². The van der Waals surface area contributed by atoms with Crippen molar-refractivity contribution in [3.8, 4) is 22.8 Å². The van der Waals surface area contributed by atoms with E-state index in [0.717, 1.165) is 22.7 Å². The number of hydrogen-bond acceptors (Lipinski definition) is 6. The van der Waals surface area contributed by atoms with Crippen LogP contribution in [0.3, 0.4) is 0 Å². The molecule has 0 saturated carbocycles. The van der Waals surface area contributed by atoms with Crippen molar-refractivity contribution in [2.24, 2.45) is 0 Å². The second-order valence-corrected chi connectivity index (χ2v) is 6.19. The Hall–Kier alpha value is -4.06. The number of nitrogens with two attached hydrogens (primary N) is 2. The second kappa shape index (κ2) is 7.67. The van der Waals surface area contributed by atoms with Gasteiger partial charge in [-0.1, -0.05) is 30.3 Å². The Labute approximate surface area is 162 Å². The molecule has 0 unspecified atom stereocenters. The van der Waals surface area contributed by atoms with Crippen molar-refractivity contribution in [3.05, 3.63) is 84.9 Å². The molecule has 4 aromatic rings. The van der Waals surface area contributed by atoms with Gasteiger partial charge in [0.05, 0.1) is 5.69 Å². The van der Waals surface area contributed by atoms with Crippen molar-refractivity contribution < 1.29 is 4.74 Å². The van der Waals surface area contributed by atoms with Gasteiger partial charge in [0.2, 0.25) is 5.95 Å². The van der Waals surface area contributed by atoms with E-state index in [0.29, 0.717) is 17.2 Å². The molecule has 0 aliphatic carbocycles. The van der Waals surface area contributed by atoms with E-state index >= 15 is 0 Å². The molecule has 1 aromatic heterocycles. The van der Waals surface area contributed by atoms with E-state index < -0.39 is 0 Å². The van der Waals surface area contributed by atoms with Gasteiger partial charge in [-0.15, -0.1) is 0 Å². The van der Waals surface area contributed by atoms with Gasteiger partial charge in [0.25, 0.3) is 0 Å². The van der Waals surface area contributed by atoms with E-state index in [9.17, 15) is 0 Å². The predicted octanol–water partition coefficient (Wildman–Crippen LogP) is 4.84. The van der Waals surface area contributed by atoms with Gasteiger partial charge in [-0.25, -0.2) is 4.98 Å². The molecule has 28 heavy (non-hydrogen) atoms. The van der Waals surface area contributed by atoms with E-state index in [1.165, 1.54) is 0 Å². The number of ether oxygens (including phenoxy) is 1. The van der Waals surface area contributed by atoms with E-state index in [1.54, 1.807) is 0 Å². The second-order valence-electron chi connectivity index (χ2n) is 6.19. The normalized spacial score (nSPS) is 10.4. The topological polar surface area (TPSA) is 99.1 Å². The number of rotatable bonds is 5. The third-order valence-electron chi connectivity index (χ3n) is 4.03. The predicted molar refractivity (Wildman–Crippen MR) is 113 cm³/mol. The van der Waals surface area contributed by atoms with E-state index in [2.05, 4.69) is 15.3 Å². The largest absolute Gasteiger partial charge is 0.457 e. The molecular formula is C22H19N5O. The zero-order valence-corrected chi connectivity index (χ0v) is 15.0. The van der Waals surface area contributed by atoms with Gasteiger partial charge in [0, 0.05) is 23.0 Å². The minimum atomic E-state index is 0.187. The Kier molecular flexibility index (Phi) is 4.76. The summed E-state index contributed by atoms with van der Waals surface area (Å²) in [6.07, 6.45) is 0. The highest BCUT2D eigenvalue weighted by Crippen LogP contribution is 2.26. The summed E-state index contributed by atoms with van der Waals surface area (Å²) in [5, 5.41) is 3.24. The Morgan fingerprint density at radius 1 is 0.714 bits per heavy atom. The van der Waals surface area contributed by atoms with E-state index in [-0.39, 0.29) is 5.95 Å². The lowest BCUT2D eigenvalue weighted by atomic mass is 10.1. The molecule has 0 saturated heterocycles. The molecule has 0 fully saturated rings. The Morgan fingerprint density at radius 2 is 1.46 bits per heavy atom. The maximum Gasteiger partial charge on any atom is 0.222 e. The summed E-state index contributed by atoms with van der Waals surface area (Å²) >= 11 is 0. The van der Waals surface area contributed by atoms with Crippen molar-refractivity contribution in [1.82, 2.24) is 9.97 Å². The van der Waals surface area contributed by atoms with Crippen molar-refractivity contribution in [2.45, 2.75) is 0 Å². The number of nitrogens with one attached hydrogen (secondary N) is 1. The molecule has 5 N–H and O–H groups in total. The van der Waals surface area contributed by atoms with Crippen LogP contribution in [-0.2, 0) is 0 Å². The SMILES string of the molecule is Nc1cccc(-c2cc(Nc3ccc(Oc4ccccc4)cc3)nc(N)n2)c1. The number of nitrogens with zero attached hydrogens (tertiary/aromatic N) is 2. The van der Waals surface area contributed by atoms with Gasteiger partial charge in [0.15, 0.2) is 0 Å². The van der Waals surface area contributed by atoms with Gasteiger partial charge in [-0.3, -0.25) is 0 Å². The van der Waals surface area contributed by atoms with E-state index in [1.807, 2.05) is 84.9 Å². The van der Waals surface area contributed by atoms with Crippen LogP contribution < -0.4 is 21.5 Å². The molecule has 3 aromatic carbocycles. The fourth-order valence-electron chi connectivity index (χ4n) is 2.75. The average molecular weight is 369 g/mol. The molecule has 0 aliphatic rings. The molecule has 6 heteroatoms. The fourth-order valence-corrected chi connectivity index (χ4v) is 2.75. The highest BCUT2D eigenvalue weighted by Gasteiger charge is 2.06. The van der Waals surface area contributed by atoms with Crippen LogP contribution in [0.1, 0.15) is 0 Å². The summed E-state index contributed by atoms with van der Waals surface area (Å²) in [5.74, 6) is 2.33. The summed E-state index contributed by atoms with van der Waals surface area (Å²) in [5.41, 5.74) is 14.9. The molecule has 1 heterocycles. The highest BCUT2D eigenvalue weighted by atomic mass is 16.5. The zero-order chi connectivity index (χ0) is 19.3. The lowest BCUT2D eigenvalue weighted by molar-refractivity contribution is 0.483. The molecule has 0 radical (unpaired) electrons. The lowest BCUT2D eigenvalue weighted by Crippen LogP contribution is -2.01. The maximum absolute atomic E-state index is 5.89. The minimum Gasteiger partial charge on any atom is -0.457 e. The molecule has 0 aliphatic heterocycles. The molecule has 138 valence electrons. The van der Waals surface area contributed by atoms with Crippen molar-refractivity contribution in [1.29, 1.82) is 0 Å². The molecule has 4 rings (SSSR count). The zero-order valence-electron chi connectivity index (χ0n) is 15.0. The number of aromatic nitrogens is 2. The molecule has 0 spiro atoms. The van der Waals surface area contributed by atoms with Crippen LogP contribution >= 0.6 is 0 Å². The first-order chi connectivity index (χ1) is 13.7. The number of nitrogen functional groups attached to an aromatic ring is 2. The van der Waals surface area contributed by atoms with Crippen molar-refractivity contribution in [2.75, 3.05) is 16.8 Å². The van der Waals surface area contributed by atoms with Gasteiger partial charge in [0.1, 0.15) is 17.3 Å². The van der Waals surface area contributed by atoms with Gasteiger partial charge >= 0.3 is 0 Å². The van der Waals surface area contributed by atoms with Crippen LogP contribution in [0, 0.1) is 0 Å². The summed E-state index contributed by atoms with van der Waals surface area (Å²) in [6.45, 7) is 0. The maximum atomic E-state index is 5.89. The Morgan fingerprint density at radius 3 is 2.21 bits per heavy atom. The highest BCUT2D eigenvalue weighted by molar-refractivity contribution is 5.69. The number of benzene rings is 3. The third kappa shape index (κ3) is 4.19. The van der Waals surface area contributed by atoms with Gasteiger partial charge in [-0.05, 0) is 48.5 Å². The summed E-state index contributed by atoms with van der Waals surface area (Å²) in [7, 11) is 0. The average Bonchev–Trinajstić information content (AvgIpc) is 2.70. The van der Waals surface area contributed by atoms with E-state index in [4.69, 9.17) is 16.2 Å². The third-order valence-corrected chi connectivity index (χ3v) is 4.03. The van der Waals surface area contributed by atoms with Crippen LogP contribution in [0.2, 0.25) is 0 Å². The first kappa shape index (κ1) is 17.4. The molecule has 0 atom stereocenters. The molecule has 6 nitrogen and oxygen atoms in total. The van der Waals surface area contributed by atoms with Crippen LogP contribution in [0.25, 0.3) is 11.3 Å². The monoisotopic (exact) mass is 369 g/mol. The molecular weight excluding hydrogens is 350 g/mol. The molecule has 0 bridgehead atoms. The molecule has 0 amide bonds. The Bertz CT molecular complexity index is 1080. The Balaban J connectivity index is 1.52. The van der Waals surface area contributed by atoms with Crippen molar-refractivity contribution in [3.63, 3.8) is 0 Å². The van der Waals surface area contributed by atoms with Crippen LogP contribution in [0.5, 0.6) is 11.5 Å². The quantitative estimate of drug-likeness (QED) is 0.435. The summed E-state index contributed by atoms with van der Waals surface area (Å²) in [4.78, 5) is 8.56. The summed E-state index contributed by atoms with van der Waals surface area (Å²) < 4.78 is 5.81. The van der Waals surface area contributed by atoms with Crippen molar-refractivity contribution >= 4 is 23.1 Å². The number of anilines is 4. The van der Waals surface area contributed by atoms with Gasteiger partial charge < -0.3 is 21.5 Å². The fraction of sp³-hybridized carbons (Fsp3) is 0. The first-order valence-electron chi connectivity index (χ1n) is 8.76. The van der Waals surface area contributed by atoms with Crippen LogP contribution in [0.4, 0.5) is 23.1 Å². The first-order valence-corrected chi connectivity index (χ1v) is 8.76. The lowest BCUT2D eigenvalue weighted by Gasteiger charge is -2.10. The summed E-state index contributed by atoms with van der Waals surface area (Å²) in [6, 6.07) is 26.6. The smallest absolute Gasteiger partial charge is 0.222 e. The number of hydrogen-bond donors (Lipinski definition) is 3. The van der Waals surface area contributed by atoms with Crippen LogP contribution in [-0.4, -0.2) is 9.97 Å².